The van der Waals surface area contributed by atoms with Gasteiger partial charge in [-0.3, -0.25) is 0 Å². The Morgan fingerprint density at radius 3 is 2.00 bits per heavy atom. The van der Waals surface area contributed by atoms with Crippen LogP contribution in [-0.4, -0.2) is 9.59 Å². The molecule has 0 bridgehead atoms. The molecule has 1 rings (SSSR count). The quantitative estimate of drug-likeness (QED) is 0.558. The Labute approximate surface area is 60.1 Å². The lowest BCUT2D eigenvalue weighted by molar-refractivity contribution is 0.737. The van der Waals surface area contributed by atoms with E-state index in [9.17, 15) is 0 Å². The second-order valence-electron chi connectivity index (χ2n) is 2.32. The summed E-state index contributed by atoms with van der Waals surface area (Å²) >= 11 is 1.35. The lowest BCUT2D eigenvalue weighted by Gasteiger charge is -1.79. The van der Waals surface area contributed by atoms with Crippen LogP contribution in [0.15, 0.2) is 11.6 Å². The van der Waals surface area contributed by atoms with Crippen LogP contribution >= 0.6 is 11.5 Å². The highest BCUT2D eigenvalue weighted by molar-refractivity contribution is 7.03. The fraction of sp³-hybridized carbons (Fsp3) is 0.667. The van der Waals surface area contributed by atoms with Crippen LogP contribution in [0.5, 0.6) is 0 Å². The molecule has 0 amide bonds. The molecule has 1 heterocycles. The van der Waals surface area contributed by atoms with E-state index in [1.807, 2.05) is 5.38 Å². The molecule has 52 valence electrons. The van der Waals surface area contributed by atoms with E-state index in [-0.39, 0.29) is 0 Å². The van der Waals surface area contributed by atoms with Crippen LogP contribution in [0.25, 0.3) is 0 Å². The molecule has 3 heteroatoms. The molecule has 0 aliphatic rings. The molecule has 0 aliphatic heterocycles. The van der Waals surface area contributed by atoms with Gasteiger partial charge in [0.1, 0.15) is 0 Å². The van der Waals surface area contributed by atoms with Crippen molar-refractivity contribution in [3.8, 4) is 0 Å². The highest BCUT2D eigenvalue weighted by Crippen LogP contribution is 1.81. The van der Waals surface area contributed by atoms with Gasteiger partial charge in [0.25, 0.3) is 0 Å². The van der Waals surface area contributed by atoms with Gasteiger partial charge in [-0.05, 0) is 17.5 Å². The monoisotopic (exact) mass is 144 g/mol. The first-order valence-electron chi connectivity index (χ1n) is 2.94. The Balaban J connectivity index is 0.000000148. The third kappa shape index (κ3) is 11.2. The van der Waals surface area contributed by atoms with E-state index in [1.54, 1.807) is 6.20 Å². The average Bonchev–Trinajstić information content (AvgIpc) is 2.11. The zero-order chi connectivity index (χ0) is 7.11. The van der Waals surface area contributed by atoms with E-state index < -0.39 is 0 Å². The normalized spacial score (nSPS) is 8.44. The van der Waals surface area contributed by atoms with Gasteiger partial charge < -0.3 is 0 Å². The van der Waals surface area contributed by atoms with Gasteiger partial charge in [-0.15, -0.1) is 5.10 Å². The molecule has 0 unspecified atom stereocenters. The zero-order valence-corrected chi connectivity index (χ0v) is 6.85. The SMILES string of the molecule is CC(C)C.c1csnn1. The molecule has 0 saturated heterocycles. The molecular weight excluding hydrogens is 132 g/mol. The molecule has 0 fully saturated rings. The highest BCUT2D eigenvalue weighted by Gasteiger charge is 1.68. The van der Waals surface area contributed by atoms with E-state index in [4.69, 9.17) is 0 Å². The third-order valence-electron chi connectivity index (χ3n) is 0.283. The average molecular weight is 144 g/mol. The Morgan fingerprint density at radius 2 is 1.89 bits per heavy atom. The first-order valence-corrected chi connectivity index (χ1v) is 3.78. The van der Waals surface area contributed by atoms with Crippen molar-refractivity contribution in [3.63, 3.8) is 0 Å². The first kappa shape index (κ1) is 8.56. The Kier molecular flexibility index (Phi) is 5.41. The lowest BCUT2D eigenvalue weighted by atomic mass is 10.3. The van der Waals surface area contributed by atoms with Gasteiger partial charge in [-0.1, -0.05) is 25.3 Å². The van der Waals surface area contributed by atoms with E-state index >= 15 is 0 Å². The topological polar surface area (TPSA) is 25.8 Å². The molecule has 1 aromatic heterocycles. The van der Waals surface area contributed by atoms with Crippen molar-refractivity contribution in [1.29, 1.82) is 0 Å². The summed E-state index contributed by atoms with van der Waals surface area (Å²) in [7, 11) is 0. The minimum Gasteiger partial charge on any atom is -0.147 e. The van der Waals surface area contributed by atoms with Crippen LogP contribution < -0.4 is 0 Å². The summed E-state index contributed by atoms with van der Waals surface area (Å²) < 4.78 is 3.51. The maximum Gasteiger partial charge on any atom is 0.0620 e. The molecule has 0 atom stereocenters. The minimum atomic E-state index is 0.833. The van der Waals surface area contributed by atoms with Gasteiger partial charge in [0.15, 0.2) is 0 Å². The van der Waals surface area contributed by atoms with Crippen LogP contribution in [0, 0.1) is 5.92 Å². The number of hydrogen-bond donors (Lipinski definition) is 0. The van der Waals surface area contributed by atoms with Crippen LogP contribution in [0.1, 0.15) is 20.8 Å². The molecule has 0 aliphatic carbocycles. The maximum atomic E-state index is 3.51. The molecule has 0 radical (unpaired) electrons. The van der Waals surface area contributed by atoms with Crippen molar-refractivity contribution in [2.45, 2.75) is 20.8 Å². The summed E-state index contributed by atoms with van der Waals surface area (Å²) in [5.74, 6) is 0.833. The standard InChI is InChI=1S/C4H10.C2H2N2S/c1-4(2)3;1-2-5-4-3-1/h4H,1-3H3;1-2H. The number of hydrogen-bond acceptors (Lipinski definition) is 3. The van der Waals surface area contributed by atoms with Crippen LogP contribution in [0.3, 0.4) is 0 Å². The number of nitrogens with zero attached hydrogens (tertiary/aromatic N) is 2. The summed E-state index contributed by atoms with van der Waals surface area (Å²) in [6, 6.07) is 0. The van der Waals surface area contributed by atoms with Crippen LogP contribution in [0.2, 0.25) is 0 Å². The summed E-state index contributed by atoms with van der Waals surface area (Å²) in [5, 5.41) is 5.31. The molecule has 0 saturated carbocycles. The van der Waals surface area contributed by atoms with Gasteiger partial charge in [0, 0.05) is 5.38 Å². The number of rotatable bonds is 0. The molecule has 2 nitrogen and oxygen atoms in total. The smallest absolute Gasteiger partial charge is 0.0620 e. The van der Waals surface area contributed by atoms with E-state index in [0.29, 0.717) is 0 Å². The van der Waals surface area contributed by atoms with E-state index in [2.05, 4.69) is 30.4 Å². The van der Waals surface area contributed by atoms with Crippen molar-refractivity contribution in [2.24, 2.45) is 5.92 Å². The second kappa shape index (κ2) is 5.69. The molecular formula is C6H12N2S. The van der Waals surface area contributed by atoms with Gasteiger partial charge in [-0.25, -0.2) is 0 Å². The van der Waals surface area contributed by atoms with Crippen molar-refractivity contribution in [2.75, 3.05) is 0 Å². The predicted molar refractivity (Wildman–Crippen MR) is 40.4 cm³/mol. The fourth-order valence-electron chi connectivity index (χ4n) is 0.136. The fourth-order valence-corrected chi connectivity index (χ4v) is 0.408. The van der Waals surface area contributed by atoms with E-state index in [0.717, 1.165) is 5.92 Å². The molecule has 0 N–H and O–H groups in total. The predicted octanol–water partition coefficient (Wildman–Crippen LogP) is 2.20. The summed E-state index contributed by atoms with van der Waals surface area (Å²) in [4.78, 5) is 0. The van der Waals surface area contributed by atoms with Crippen molar-refractivity contribution < 1.29 is 0 Å². The van der Waals surface area contributed by atoms with E-state index in [1.165, 1.54) is 11.5 Å². The molecule has 0 spiro atoms. The summed E-state index contributed by atoms with van der Waals surface area (Å²) in [5.41, 5.74) is 0. The first-order chi connectivity index (χ1) is 4.23. The highest BCUT2D eigenvalue weighted by atomic mass is 32.1. The summed E-state index contributed by atoms with van der Waals surface area (Å²) in [6.45, 7) is 6.50. The molecule has 9 heavy (non-hydrogen) atoms. The Bertz CT molecular complexity index is 94.6. The van der Waals surface area contributed by atoms with Crippen molar-refractivity contribution >= 4 is 11.5 Å². The molecule has 0 aromatic carbocycles. The van der Waals surface area contributed by atoms with Crippen LogP contribution in [0.4, 0.5) is 0 Å². The maximum absolute atomic E-state index is 3.51. The Hall–Kier alpha value is -0.440. The largest absolute Gasteiger partial charge is 0.147 e. The van der Waals surface area contributed by atoms with Gasteiger partial charge in [0.05, 0.1) is 6.20 Å². The Morgan fingerprint density at radius 1 is 1.33 bits per heavy atom. The third-order valence-corrected chi connectivity index (χ3v) is 0.715. The van der Waals surface area contributed by atoms with Gasteiger partial charge in [-0.2, -0.15) is 0 Å². The van der Waals surface area contributed by atoms with Crippen LogP contribution in [-0.2, 0) is 0 Å². The number of aromatic nitrogens is 2. The van der Waals surface area contributed by atoms with Crippen molar-refractivity contribution in [3.05, 3.63) is 11.6 Å². The lowest BCUT2D eigenvalue weighted by Crippen LogP contribution is -1.66. The minimum absolute atomic E-state index is 0.833. The van der Waals surface area contributed by atoms with Gasteiger partial charge >= 0.3 is 0 Å². The zero-order valence-electron chi connectivity index (χ0n) is 6.03. The van der Waals surface area contributed by atoms with Crippen molar-refractivity contribution in [1.82, 2.24) is 9.59 Å². The molecule has 1 aromatic rings. The second-order valence-corrected chi connectivity index (χ2v) is 2.97. The van der Waals surface area contributed by atoms with Gasteiger partial charge in [0.2, 0.25) is 0 Å². The summed E-state index contributed by atoms with van der Waals surface area (Å²) in [6.07, 6.45) is 1.66.